The molecule has 13 rings (SSSR count). The molecule has 132 heavy (non-hydrogen) atoms. The van der Waals surface area contributed by atoms with E-state index in [-0.39, 0.29) is 92.5 Å². The van der Waals surface area contributed by atoms with Gasteiger partial charge in [0.05, 0.1) is 0 Å². The average molecular weight is 1790 g/mol. The number of Topliss-reactive ketones (excluding diaryl/α,β-unsaturated/α-hetero) is 16. The maximum absolute atomic E-state index is 11.2. The van der Waals surface area contributed by atoms with E-state index in [1.807, 2.05) is 135 Å². The quantitative estimate of drug-likeness (QED) is 0.0359. The fourth-order valence-corrected chi connectivity index (χ4v) is 12.3. The van der Waals surface area contributed by atoms with Crippen LogP contribution in [0.1, 0.15) is 290 Å². The van der Waals surface area contributed by atoms with Gasteiger partial charge in [0.15, 0.2) is 92.5 Å². The average Bonchev–Trinajstić information content (AvgIpc) is 0.813. The first-order chi connectivity index (χ1) is 62.7. The van der Waals surface area contributed by atoms with Crippen LogP contribution in [0.5, 0.6) is 23.0 Å². The lowest BCUT2D eigenvalue weighted by molar-refractivity contribution is 0.0999. The largest absolute Gasteiger partial charge is 0.490 e. The fourth-order valence-electron chi connectivity index (χ4n) is 11.5. The van der Waals surface area contributed by atoms with Gasteiger partial charge in [0, 0.05) is 98.8 Å². The first-order valence-corrected chi connectivity index (χ1v) is 42.9. The lowest BCUT2D eigenvalue weighted by atomic mass is 10.0. The van der Waals surface area contributed by atoms with Gasteiger partial charge >= 0.3 is 0 Å². The van der Waals surface area contributed by atoms with Gasteiger partial charge in [0.25, 0.3) is 0 Å². The zero-order chi connectivity index (χ0) is 97.8. The van der Waals surface area contributed by atoms with Gasteiger partial charge in [0.2, 0.25) is 0 Å². The molecule has 0 aliphatic rings. The van der Waals surface area contributed by atoms with Crippen molar-refractivity contribution < 1.29 is 90.9 Å². The molecule has 13 aromatic rings. The molecule has 0 aromatic heterocycles. The van der Waals surface area contributed by atoms with E-state index in [9.17, 15) is 76.7 Å². The summed E-state index contributed by atoms with van der Waals surface area (Å²) in [5, 5.41) is 1.97. The Morgan fingerprint density at radius 1 is 0.182 bits per heavy atom. The van der Waals surface area contributed by atoms with Gasteiger partial charge < -0.3 is 14.2 Å². The fraction of sp³-hybridized carbons (Fsp3) is 0.179. The van der Waals surface area contributed by atoms with E-state index in [1.165, 1.54) is 69.2 Å². The molecule has 19 nitrogen and oxygen atoms in total. The minimum absolute atomic E-state index is 0.0156. The monoisotopic (exact) mass is 1790 g/mol. The molecule has 0 atom stereocenters. The van der Waals surface area contributed by atoms with Crippen molar-refractivity contribution in [1.82, 2.24) is 0 Å². The van der Waals surface area contributed by atoms with E-state index in [2.05, 4.69) is 0 Å². The maximum Gasteiger partial charge on any atom is 0.159 e. The van der Waals surface area contributed by atoms with Crippen LogP contribution in [-0.2, 0) is 0 Å². The first-order valence-electron chi connectivity index (χ1n) is 42.1. The number of hydrogen-bond donors (Lipinski definition) is 0. The highest BCUT2D eigenvalue weighted by atomic mass is 32.2. The van der Waals surface area contributed by atoms with Crippen molar-refractivity contribution in [2.75, 3.05) is 13.2 Å². The van der Waals surface area contributed by atoms with E-state index in [4.69, 9.17) is 14.2 Å². The lowest BCUT2D eigenvalue weighted by Gasteiger charge is -2.09. The molecule has 0 amide bonds. The van der Waals surface area contributed by atoms with Gasteiger partial charge in [-0.25, -0.2) is 0 Å². The van der Waals surface area contributed by atoms with Crippen LogP contribution in [0.15, 0.2) is 313 Å². The van der Waals surface area contributed by atoms with E-state index in [1.54, 1.807) is 235 Å². The molecular weight excluding hydrogens is 1680 g/mol. The van der Waals surface area contributed by atoms with Crippen molar-refractivity contribution in [3.63, 3.8) is 0 Å². The van der Waals surface area contributed by atoms with E-state index in [0.717, 1.165) is 42.8 Å². The van der Waals surface area contributed by atoms with Crippen LogP contribution < -0.4 is 14.2 Å². The zero-order valence-electron chi connectivity index (χ0n) is 77.4. The van der Waals surface area contributed by atoms with Crippen molar-refractivity contribution in [3.05, 3.63) is 392 Å². The topological polar surface area (TPSA) is 301 Å². The molecule has 0 fully saturated rings. The molecular formula is C112H108O19S. The molecule has 0 heterocycles. The Hall–Kier alpha value is -15.4. The second kappa shape index (κ2) is 54.7. The van der Waals surface area contributed by atoms with Crippen LogP contribution in [-0.4, -0.2) is 106 Å². The smallest absolute Gasteiger partial charge is 0.159 e. The molecule has 0 saturated heterocycles. The summed E-state index contributed by atoms with van der Waals surface area (Å²) >= 11 is 1.61. The summed E-state index contributed by atoms with van der Waals surface area (Å²) in [7, 11) is 0. The highest BCUT2D eigenvalue weighted by Crippen LogP contribution is 2.30. The lowest BCUT2D eigenvalue weighted by Crippen LogP contribution is -2.09. The SMILES string of the molecule is CC.CC(=O)c1ccc(-c2ccc(C(C)=O)cc2)cc1.CC(=O)c1ccc(C(C)=O)cc1.CC(=O)c1ccc(C(C)=O)cc1.CC(=O)c1ccc(OCCOc2ccc(C(C)=O)cc2)cc1.CC(=O)c1ccc(Oc2ccc(C(C)=O)cc2)cc1.CC(=O)c1ccc(Sc2ccc(C(C)=O)cc2)cc1.CC(=O)c1ccc2cc(C(C)=O)ccc2c1.CC(=O)c1cccc(C(C)=O)c1. The normalized spacial score (nSPS) is 9.86. The summed E-state index contributed by atoms with van der Waals surface area (Å²) in [6.45, 7) is 29.2. The third kappa shape index (κ3) is 37.1. The summed E-state index contributed by atoms with van der Waals surface area (Å²) in [6, 6.07) is 88.9. The molecule has 0 radical (unpaired) electrons. The molecule has 0 aliphatic heterocycles. The van der Waals surface area contributed by atoms with Crippen LogP contribution in [0, 0.1) is 0 Å². The molecule has 0 saturated carbocycles. The summed E-state index contributed by atoms with van der Waals surface area (Å²) in [6.07, 6.45) is 0. The highest BCUT2D eigenvalue weighted by molar-refractivity contribution is 7.99. The van der Waals surface area contributed by atoms with Gasteiger partial charge in [-0.15, -0.1) is 0 Å². The van der Waals surface area contributed by atoms with Crippen molar-refractivity contribution in [3.8, 4) is 34.1 Å². The van der Waals surface area contributed by atoms with Crippen molar-refractivity contribution in [1.29, 1.82) is 0 Å². The Morgan fingerprint density at radius 3 is 0.538 bits per heavy atom. The van der Waals surface area contributed by atoms with Crippen LogP contribution >= 0.6 is 11.8 Å². The second-order valence-electron chi connectivity index (χ2n) is 29.6. The number of ketones is 16. The molecule has 0 bridgehead atoms. The van der Waals surface area contributed by atoms with E-state index in [0.29, 0.717) is 114 Å². The Kier molecular flexibility index (Phi) is 44.4. The molecule has 13 aromatic carbocycles. The number of fused-ring (bicyclic) bond motifs is 1. The zero-order valence-corrected chi connectivity index (χ0v) is 78.3. The van der Waals surface area contributed by atoms with E-state index < -0.39 is 0 Å². The number of hydrogen-bond acceptors (Lipinski definition) is 20. The van der Waals surface area contributed by atoms with Crippen LogP contribution in [0.25, 0.3) is 21.9 Å². The number of benzene rings is 13. The minimum atomic E-state index is -0.0156. The summed E-state index contributed by atoms with van der Waals surface area (Å²) in [5.41, 5.74) is 12.7. The van der Waals surface area contributed by atoms with Gasteiger partial charge in [-0.3, -0.25) is 76.7 Å². The predicted octanol–water partition coefficient (Wildman–Crippen LogP) is 26.0. The summed E-state index contributed by atoms with van der Waals surface area (Å²) in [4.78, 5) is 179. The Bertz CT molecular complexity index is 5650. The third-order valence-corrected chi connectivity index (χ3v) is 20.3. The van der Waals surface area contributed by atoms with E-state index >= 15 is 0 Å². The third-order valence-electron chi connectivity index (χ3n) is 19.3. The maximum atomic E-state index is 11.2. The van der Waals surface area contributed by atoms with Gasteiger partial charge in [0.1, 0.15) is 36.2 Å². The molecule has 20 heteroatoms. The van der Waals surface area contributed by atoms with Crippen LogP contribution in [0.2, 0.25) is 0 Å². The number of carbonyl (C=O) groups is 16. The highest BCUT2D eigenvalue weighted by Gasteiger charge is 2.12. The summed E-state index contributed by atoms with van der Waals surface area (Å²) < 4.78 is 16.7. The predicted molar refractivity (Wildman–Crippen MR) is 520 cm³/mol. The van der Waals surface area contributed by atoms with Gasteiger partial charge in [-0.05, 0) is 272 Å². The van der Waals surface area contributed by atoms with Crippen molar-refractivity contribution >= 4 is 115 Å². The van der Waals surface area contributed by atoms with Gasteiger partial charge in [-0.2, -0.15) is 0 Å². The van der Waals surface area contributed by atoms with Crippen LogP contribution in [0.4, 0.5) is 0 Å². The Morgan fingerprint density at radius 2 is 0.341 bits per heavy atom. The molecule has 0 spiro atoms. The molecule has 676 valence electrons. The second-order valence-corrected chi connectivity index (χ2v) is 30.8. The minimum Gasteiger partial charge on any atom is -0.490 e. The van der Waals surface area contributed by atoms with Crippen molar-refractivity contribution in [2.45, 2.75) is 134 Å². The van der Waals surface area contributed by atoms with Gasteiger partial charge in [-0.1, -0.05) is 189 Å². The molecule has 0 N–H and O–H groups in total. The Balaban J connectivity index is 0.000000268. The Labute approximate surface area is 775 Å². The number of rotatable bonds is 26. The first kappa shape index (κ1) is 107. The number of ether oxygens (including phenoxy) is 3. The standard InChI is InChI=1S/C18H18O4.C16H14O3.C16H14O2S.C16H14O2.C14H12O2.3C10H10O2.C2H6/c1-13(19)15-3-7-17(8-4-15)21-11-12-22-18-9-5-16(6-10-18)14(2)20;2*1-11(17)13-3-7-15(8-4-13)19-16-9-5-14(6-10-16)12(2)18;1-11(17)13-3-7-15(8-4-13)16-9-5-14(6-10-16)12(2)18;1-9(15)11-3-5-14-8-12(10(2)16)4-6-13(14)7-11;2*1-7(11)9-3-5-10(6-4-9)8(2)12;1-7(11)9-4-3-5-10(6-9)8(2)12;1-2/h3-10H,11-12H2,1-2H3;2*3-10H,1-2H3;3-10H,1-2H3;3-8H,1-2H3;3*3-6H,1-2H3;1-2H3. The number of carbonyl (C=O) groups excluding carboxylic acids is 16. The van der Waals surface area contributed by atoms with Crippen LogP contribution in [0.3, 0.4) is 0 Å². The van der Waals surface area contributed by atoms with Crippen molar-refractivity contribution in [2.24, 2.45) is 0 Å². The summed E-state index contributed by atoms with van der Waals surface area (Å²) in [5.74, 6) is 3.23. The molecule has 0 unspecified atom stereocenters. The molecule has 0 aliphatic carbocycles.